The molecular formula is C15H18F3NO. The molecule has 3 rings (SSSR count). The van der Waals surface area contributed by atoms with Crippen LogP contribution in [0.15, 0.2) is 18.2 Å². The van der Waals surface area contributed by atoms with Gasteiger partial charge in [0.2, 0.25) is 0 Å². The number of anilines is 1. The number of hydrogen-bond donors (Lipinski definition) is 1. The van der Waals surface area contributed by atoms with Crippen LogP contribution < -0.4 is 10.1 Å². The van der Waals surface area contributed by atoms with Gasteiger partial charge >= 0.3 is 6.18 Å². The number of alkyl halides is 3. The minimum absolute atomic E-state index is 0.0824. The molecule has 0 saturated heterocycles. The lowest BCUT2D eigenvalue weighted by Gasteiger charge is -2.30. The van der Waals surface area contributed by atoms with E-state index in [2.05, 4.69) is 5.32 Å². The Morgan fingerprint density at radius 3 is 2.55 bits per heavy atom. The molecule has 20 heavy (non-hydrogen) atoms. The molecule has 0 amide bonds. The van der Waals surface area contributed by atoms with Crippen molar-refractivity contribution in [2.24, 2.45) is 5.92 Å². The van der Waals surface area contributed by atoms with E-state index in [1.165, 1.54) is 5.56 Å². The van der Waals surface area contributed by atoms with Crippen LogP contribution in [0.1, 0.15) is 31.2 Å². The van der Waals surface area contributed by atoms with Gasteiger partial charge in [-0.1, -0.05) is 0 Å². The topological polar surface area (TPSA) is 21.3 Å². The maximum absolute atomic E-state index is 12.6. The second-order valence-corrected chi connectivity index (χ2v) is 5.63. The Morgan fingerprint density at radius 1 is 1.10 bits per heavy atom. The van der Waals surface area contributed by atoms with E-state index in [0.717, 1.165) is 24.4 Å². The number of rotatable bonds is 2. The van der Waals surface area contributed by atoms with Crippen LogP contribution >= 0.6 is 0 Å². The highest BCUT2D eigenvalue weighted by Crippen LogP contribution is 2.38. The van der Waals surface area contributed by atoms with Gasteiger partial charge in [-0.3, -0.25) is 0 Å². The van der Waals surface area contributed by atoms with E-state index < -0.39 is 12.1 Å². The van der Waals surface area contributed by atoms with Crippen molar-refractivity contribution in [1.29, 1.82) is 0 Å². The highest BCUT2D eigenvalue weighted by Gasteiger charge is 2.41. The van der Waals surface area contributed by atoms with Gasteiger partial charge in [-0.15, -0.1) is 0 Å². The Morgan fingerprint density at radius 2 is 1.85 bits per heavy atom. The van der Waals surface area contributed by atoms with Gasteiger partial charge in [0, 0.05) is 12.2 Å². The third kappa shape index (κ3) is 2.86. The molecular weight excluding hydrogens is 267 g/mol. The van der Waals surface area contributed by atoms with Crippen molar-refractivity contribution in [1.82, 2.24) is 0 Å². The molecule has 2 nitrogen and oxygen atoms in total. The van der Waals surface area contributed by atoms with Crippen LogP contribution in [-0.2, 0) is 6.42 Å². The summed E-state index contributed by atoms with van der Waals surface area (Å²) in [6, 6.07) is 5.89. The zero-order valence-electron chi connectivity index (χ0n) is 11.2. The minimum Gasteiger partial charge on any atom is -0.490 e. The predicted octanol–water partition coefficient (Wildman–Crippen LogP) is 4.15. The van der Waals surface area contributed by atoms with E-state index in [-0.39, 0.29) is 18.9 Å². The van der Waals surface area contributed by atoms with Crippen molar-refractivity contribution in [3.05, 3.63) is 23.8 Å². The van der Waals surface area contributed by atoms with E-state index in [0.29, 0.717) is 12.8 Å². The molecule has 0 unspecified atom stereocenters. The first-order valence-corrected chi connectivity index (χ1v) is 7.12. The number of hydrogen-bond acceptors (Lipinski definition) is 2. The Bertz CT molecular complexity index is 478. The molecule has 1 N–H and O–H groups in total. The molecule has 1 fully saturated rings. The first-order chi connectivity index (χ1) is 9.52. The summed E-state index contributed by atoms with van der Waals surface area (Å²) in [5.74, 6) is -0.366. The van der Waals surface area contributed by atoms with Crippen LogP contribution in [0.5, 0.6) is 5.75 Å². The Labute approximate surface area is 116 Å². The lowest BCUT2D eigenvalue weighted by atomic mass is 9.87. The SMILES string of the molecule is FC(F)(F)[C@H]1CC[C@H](Oc2ccc3c(c2)CCN3)CC1. The van der Waals surface area contributed by atoms with Crippen molar-refractivity contribution >= 4 is 5.69 Å². The van der Waals surface area contributed by atoms with Gasteiger partial charge in [0.05, 0.1) is 12.0 Å². The van der Waals surface area contributed by atoms with Gasteiger partial charge in [-0.25, -0.2) is 0 Å². The average Bonchev–Trinajstić information content (AvgIpc) is 2.86. The van der Waals surface area contributed by atoms with Crippen LogP contribution in [0.4, 0.5) is 18.9 Å². The Hall–Kier alpha value is -1.39. The largest absolute Gasteiger partial charge is 0.490 e. The van der Waals surface area contributed by atoms with Crippen LogP contribution in [0.25, 0.3) is 0 Å². The van der Waals surface area contributed by atoms with Crippen molar-refractivity contribution in [3.63, 3.8) is 0 Å². The van der Waals surface area contributed by atoms with Gasteiger partial charge in [0.1, 0.15) is 5.75 Å². The fraction of sp³-hybridized carbons (Fsp3) is 0.600. The average molecular weight is 285 g/mol. The molecule has 0 atom stereocenters. The van der Waals surface area contributed by atoms with E-state index >= 15 is 0 Å². The van der Waals surface area contributed by atoms with E-state index in [1.807, 2.05) is 18.2 Å². The summed E-state index contributed by atoms with van der Waals surface area (Å²) in [5, 5.41) is 3.27. The second-order valence-electron chi connectivity index (χ2n) is 5.63. The van der Waals surface area contributed by atoms with Crippen LogP contribution in [-0.4, -0.2) is 18.8 Å². The van der Waals surface area contributed by atoms with E-state index in [4.69, 9.17) is 4.74 Å². The minimum atomic E-state index is -4.05. The van der Waals surface area contributed by atoms with E-state index in [9.17, 15) is 13.2 Å². The summed E-state index contributed by atoms with van der Waals surface area (Å²) in [4.78, 5) is 0. The molecule has 1 aromatic rings. The quantitative estimate of drug-likeness (QED) is 0.881. The second kappa shape index (κ2) is 5.19. The van der Waals surface area contributed by atoms with Crippen molar-refractivity contribution in [2.75, 3.05) is 11.9 Å². The van der Waals surface area contributed by atoms with Crippen LogP contribution in [0, 0.1) is 5.92 Å². The molecule has 0 radical (unpaired) electrons. The molecule has 1 aliphatic carbocycles. The number of halogens is 3. The van der Waals surface area contributed by atoms with Gasteiger partial charge in [0.15, 0.2) is 0 Å². The maximum Gasteiger partial charge on any atom is 0.391 e. The molecule has 0 spiro atoms. The molecule has 1 aliphatic heterocycles. The highest BCUT2D eigenvalue weighted by molar-refractivity contribution is 5.57. The number of fused-ring (bicyclic) bond motifs is 1. The molecule has 2 aliphatic rings. The molecule has 1 heterocycles. The van der Waals surface area contributed by atoms with Gasteiger partial charge < -0.3 is 10.1 Å². The first-order valence-electron chi connectivity index (χ1n) is 7.12. The summed E-state index contributed by atoms with van der Waals surface area (Å²) in [6.45, 7) is 0.940. The van der Waals surface area contributed by atoms with Crippen molar-refractivity contribution in [3.8, 4) is 5.75 Å². The Balaban J connectivity index is 1.57. The normalized spacial score (nSPS) is 25.9. The van der Waals surface area contributed by atoms with Crippen LogP contribution in [0.3, 0.4) is 0 Å². The third-order valence-electron chi connectivity index (χ3n) is 4.23. The molecule has 0 aromatic heterocycles. The summed E-state index contributed by atoms with van der Waals surface area (Å²) in [5.41, 5.74) is 2.37. The van der Waals surface area contributed by atoms with Gasteiger partial charge in [0.25, 0.3) is 0 Å². The fourth-order valence-corrected chi connectivity index (χ4v) is 3.05. The zero-order valence-corrected chi connectivity index (χ0v) is 11.2. The lowest BCUT2D eigenvalue weighted by Crippen LogP contribution is -2.31. The van der Waals surface area contributed by atoms with Gasteiger partial charge in [-0.2, -0.15) is 13.2 Å². The van der Waals surface area contributed by atoms with Crippen LogP contribution in [0.2, 0.25) is 0 Å². The summed E-state index contributed by atoms with van der Waals surface area (Å²) < 4.78 is 43.6. The maximum atomic E-state index is 12.6. The molecule has 0 bridgehead atoms. The summed E-state index contributed by atoms with van der Waals surface area (Å²) >= 11 is 0. The molecule has 5 heteroatoms. The number of nitrogens with one attached hydrogen (secondary N) is 1. The third-order valence-corrected chi connectivity index (χ3v) is 4.23. The Kier molecular flexibility index (Phi) is 3.52. The van der Waals surface area contributed by atoms with Gasteiger partial charge in [-0.05, 0) is 55.9 Å². The highest BCUT2D eigenvalue weighted by atomic mass is 19.4. The van der Waals surface area contributed by atoms with Crippen molar-refractivity contribution < 1.29 is 17.9 Å². The number of benzene rings is 1. The van der Waals surface area contributed by atoms with Crippen molar-refractivity contribution in [2.45, 2.75) is 44.4 Å². The fourth-order valence-electron chi connectivity index (χ4n) is 3.05. The zero-order chi connectivity index (χ0) is 14.2. The number of ether oxygens (including phenoxy) is 1. The molecule has 1 saturated carbocycles. The summed E-state index contributed by atoms with van der Waals surface area (Å²) in [6.07, 6.45) is -1.82. The molecule has 1 aromatic carbocycles. The lowest BCUT2D eigenvalue weighted by molar-refractivity contribution is -0.185. The summed E-state index contributed by atoms with van der Waals surface area (Å²) in [7, 11) is 0. The van der Waals surface area contributed by atoms with E-state index in [1.54, 1.807) is 0 Å². The smallest absolute Gasteiger partial charge is 0.391 e. The standard InChI is InChI=1S/C15H18F3NO/c16-15(17,18)11-1-3-12(4-2-11)20-13-5-6-14-10(9-13)7-8-19-14/h5-6,9,11-12,19H,1-4,7-8H2/t11-,12-. The first kappa shape index (κ1) is 13.6. The monoisotopic (exact) mass is 285 g/mol. The predicted molar refractivity (Wildman–Crippen MR) is 71.1 cm³/mol. The molecule has 110 valence electrons.